The van der Waals surface area contributed by atoms with Crippen LogP contribution < -0.4 is 0 Å². The highest BCUT2D eigenvalue weighted by Gasteiger charge is 2.55. The fourth-order valence-corrected chi connectivity index (χ4v) is 2.07. The van der Waals surface area contributed by atoms with Gasteiger partial charge in [0.25, 0.3) is 0 Å². The van der Waals surface area contributed by atoms with E-state index in [1.165, 1.54) is 0 Å². The van der Waals surface area contributed by atoms with Gasteiger partial charge in [-0.25, -0.2) is 0 Å². The number of hydrogen-bond donors (Lipinski definition) is 2. The van der Waals surface area contributed by atoms with Gasteiger partial charge in [0.1, 0.15) is 0 Å². The maximum Gasteiger partial charge on any atom is 0.307 e. The van der Waals surface area contributed by atoms with Crippen molar-refractivity contribution in [2.24, 2.45) is 11.8 Å². The molecule has 3 heteroatoms. The third kappa shape index (κ3) is 1.40. The minimum absolute atomic E-state index is 0.00120. The number of benzene rings is 1. The van der Waals surface area contributed by atoms with Gasteiger partial charge < -0.3 is 10.2 Å². The lowest BCUT2D eigenvalue weighted by atomic mass is 10.1. The molecular weight excluding hydrogens is 180 g/mol. The van der Waals surface area contributed by atoms with E-state index in [4.69, 9.17) is 10.2 Å². The molecule has 0 heterocycles. The summed E-state index contributed by atoms with van der Waals surface area (Å²) in [5.74, 6) is -1.31. The van der Waals surface area contributed by atoms with Gasteiger partial charge in [0.15, 0.2) is 0 Å². The van der Waals surface area contributed by atoms with Gasteiger partial charge in [-0.05, 0) is 5.56 Å². The van der Waals surface area contributed by atoms with Crippen LogP contribution in [0, 0.1) is 11.8 Å². The maximum atomic E-state index is 10.8. The van der Waals surface area contributed by atoms with E-state index in [9.17, 15) is 4.79 Å². The highest BCUT2D eigenvalue weighted by atomic mass is 16.4. The molecule has 1 aromatic rings. The predicted octanol–water partition coefficient (Wildman–Crippen LogP) is 1.09. The van der Waals surface area contributed by atoms with E-state index in [0.717, 1.165) is 5.56 Å². The van der Waals surface area contributed by atoms with E-state index in [2.05, 4.69) is 0 Å². The van der Waals surface area contributed by atoms with Crippen LogP contribution in [0.2, 0.25) is 0 Å². The van der Waals surface area contributed by atoms with Crippen LogP contribution in [0.3, 0.4) is 0 Å². The lowest BCUT2D eigenvalue weighted by Gasteiger charge is -1.96. The van der Waals surface area contributed by atoms with E-state index < -0.39 is 11.9 Å². The van der Waals surface area contributed by atoms with Crippen molar-refractivity contribution in [3.05, 3.63) is 35.9 Å². The number of hydrogen-bond acceptors (Lipinski definition) is 2. The lowest BCUT2D eigenvalue weighted by molar-refractivity contribution is -0.139. The van der Waals surface area contributed by atoms with Crippen LogP contribution in [0.15, 0.2) is 30.3 Å². The third-order valence-corrected chi connectivity index (χ3v) is 2.85. The molecule has 1 fully saturated rings. The second kappa shape index (κ2) is 3.42. The molecule has 0 saturated heterocycles. The summed E-state index contributed by atoms with van der Waals surface area (Å²) in [6.45, 7) is -0.0451. The largest absolute Gasteiger partial charge is 0.481 e. The van der Waals surface area contributed by atoms with Crippen molar-refractivity contribution in [2.75, 3.05) is 6.61 Å². The molecule has 0 aliphatic heterocycles. The van der Waals surface area contributed by atoms with Crippen LogP contribution >= 0.6 is 0 Å². The zero-order chi connectivity index (χ0) is 10.1. The van der Waals surface area contributed by atoms with Gasteiger partial charge in [-0.2, -0.15) is 0 Å². The van der Waals surface area contributed by atoms with Gasteiger partial charge >= 0.3 is 5.97 Å². The van der Waals surface area contributed by atoms with E-state index in [1.807, 2.05) is 30.3 Å². The average molecular weight is 192 g/mol. The van der Waals surface area contributed by atoms with Crippen LogP contribution in [0.4, 0.5) is 0 Å². The first-order valence-corrected chi connectivity index (χ1v) is 4.64. The molecule has 1 aromatic carbocycles. The monoisotopic (exact) mass is 192 g/mol. The Hall–Kier alpha value is -1.35. The van der Waals surface area contributed by atoms with Crippen molar-refractivity contribution in [1.29, 1.82) is 0 Å². The molecule has 14 heavy (non-hydrogen) atoms. The zero-order valence-corrected chi connectivity index (χ0v) is 7.63. The standard InChI is InChI=1S/C11H12O3/c12-6-8-9(10(8)11(13)14)7-4-2-1-3-5-7/h1-5,8-10,12H,6H2,(H,13,14)/t8-,9-,10+/m1/s1. The summed E-state index contributed by atoms with van der Waals surface area (Å²) >= 11 is 0. The number of carboxylic acids is 1. The number of carboxylic acid groups (broad SMARTS) is 1. The second-order valence-corrected chi connectivity index (χ2v) is 3.65. The molecule has 2 N–H and O–H groups in total. The summed E-state index contributed by atoms with van der Waals surface area (Å²) in [5, 5.41) is 17.9. The molecule has 2 rings (SSSR count). The topological polar surface area (TPSA) is 57.5 Å². The number of carbonyl (C=O) groups is 1. The fraction of sp³-hybridized carbons (Fsp3) is 0.364. The second-order valence-electron chi connectivity index (χ2n) is 3.65. The van der Waals surface area contributed by atoms with Crippen molar-refractivity contribution in [3.8, 4) is 0 Å². The van der Waals surface area contributed by atoms with Crippen LogP contribution in [0.1, 0.15) is 11.5 Å². The van der Waals surface area contributed by atoms with Gasteiger partial charge in [-0.1, -0.05) is 30.3 Å². The molecule has 0 aromatic heterocycles. The maximum absolute atomic E-state index is 10.8. The minimum atomic E-state index is -0.807. The average Bonchev–Trinajstić information content (AvgIpc) is 2.93. The Morgan fingerprint density at radius 3 is 2.36 bits per heavy atom. The van der Waals surface area contributed by atoms with Gasteiger partial charge in [0, 0.05) is 18.4 Å². The first kappa shape index (κ1) is 9.21. The summed E-state index contributed by atoms with van der Waals surface area (Å²) in [6, 6.07) is 9.50. The van der Waals surface area contributed by atoms with Crippen molar-refractivity contribution in [1.82, 2.24) is 0 Å². The highest BCUT2D eigenvalue weighted by molar-refractivity contribution is 5.76. The predicted molar refractivity (Wildman–Crippen MR) is 50.9 cm³/mol. The molecule has 0 amide bonds. The van der Waals surface area contributed by atoms with E-state index in [-0.39, 0.29) is 18.4 Å². The van der Waals surface area contributed by atoms with Crippen molar-refractivity contribution >= 4 is 5.97 Å². The fourth-order valence-electron chi connectivity index (χ4n) is 2.07. The molecule has 1 saturated carbocycles. The normalized spacial score (nSPS) is 29.9. The lowest BCUT2D eigenvalue weighted by Crippen LogP contribution is -2.01. The Balaban J connectivity index is 2.18. The number of aliphatic carboxylic acids is 1. The van der Waals surface area contributed by atoms with Gasteiger partial charge in [-0.15, -0.1) is 0 Å². The number of aliphatic hydroxyl groups is 1. The molecule has 1 aliphatic carbocycles. The molecule has 3 nitrogen and oxygen atoms in total. The Morgan fingerprint density at radius 2 is 1.93 bits per heavy atom. The van der Waals surface area contributed by atoms with Crippen LogP contribution in [-0.2, 0) is 4.79 Å². The molecule has 74 valence electrons. The molecule has 0 unspecified atom stereocenters. The first-order chi connectivity index (χ1) is 6.75. The molecule has 0 spiro atoms. The van der Waals surface area contributed by atoms with Crippen molar-refractivity contribution < 1.29 is 15.0 Å². The molecule has 1 aliphatic rings. The Bertz CT molecular complexity index is 334. The van der Waals surface area contributed by atoms with E-state index in [1.54, 1.807) is 0 Å². The Kier molecular flexibility index (Phi) is 2.25. The Morgan fingerprint density at radius 1 is 1.29 bits per heavy atom. The summed E-state index contributed by atoms with van der Waals surface area (Å²) in [4.78, 5) is 10.8. The quantitative estimate of drug-likeness (QED) is 0.753. The molecule has 3 atom stereocenters. The SMILES string of the molecule is O=C(O)[C@H]1[C@H](CO)[C@H]1c1ccccc1. The molecule has 0 radical (unpaired) electrons. The minimum Gasteiger partial charge on any atom is -0.481 e. The smallest absolute Gasteiger partial charge is 0.307 e. The summed E-state index contributed by atoms with van der Waals surface area (Å²) in [6.07, 6.45) is 0. The third-order valence-electron chi connectivity index (χ3n) is 2.85. The molecule has 0 bridgehead atoms. The van der Waals surface area contributed by atoms with Crippen LogP contribution in [-0.4, -0.2) is 22.8 Å². The van der Waals surface area contributed by atoms with Crippen LogP contribution in [0.5, 0.6) is 0 Å². The molecular formula is C11H12O3. The summed E-state index contributed by atoms with van der Waals surface area (Å²) < 4.78 is 0. The van der Waals surface area contributed by atoms with Gasteiger partial charge in [0.05, 0.1) is 5.92 Å². The first-order valence-electron chi connectivity index (χ1n) is 4.64. The van der Waals surface area contributed by atoms with Gasteiger partial charge in [-0.3, -0.25) is 4.79 Å². The van der Waals surface area contributed by atoms with E-state index >= 15 is 0 Å². The highest BCUT2D eigenvalue weighted by Crippen LogP contribution is 2.53. The number of rotatable bonds is 3. The van der Waals surface area contributed by atoms with Crippen molar-refractivity contribution in [3.63, 3.8) is 0 Å². The van der Waals surface area contributed by atoms with Gasteiger partial charge in [0.2, 0.25) is 0 Å². The zero-order valence-electron chi connectivity index (χ0n) is 7.63. The summed E-state index contributed by atoms with van der Waals surface area (Å²) in [5.41, 5.74) is 1.01. The van der Waals surface area contributed by atoms with Crippen LogP contribution in [0.25, 0.3) is 0 Å². The van der Waals surface area contributed by atoms with E-state index in [0.29, 0.717) is 0 Å². The summed E-state index contributed by atoms with van der Waals surface area (Å²) in [7, 11) is 0. The number of aliphatic hydroxyl groups excluding tert-OH is 1. The van der Waals surface area contributed by atoms with Crippen molar-refractivity contribution in [2.45, 2.75) is 5.92 Å². The Labute approximate surface area is 82.0 Å².